The van der Waals surface area contributed by atoms with Crippen LogP contribution in [-0.4, -0.2) is 0 Å². The van der Waals surface area contributed by atoms with Crippen LogP contribution in [0.25, 0.3) is 11.1 Å². The molecule has 102 valence electrons. The molecule has 3 rings (SSSR count). The normalized spacial score (nSPS) is 13.5. The first-order valence-electron chi connectivity index (χ1n) is 6.97. The highest BCUT2D eigenvalue weighted by atomic mass is 14.9. The van der Waals surface area contributed by atoms with Gasteiger partial charge in [0.25, 0.3) is 0 Å². The van der Waals surface area contributed by atoms with Gasteiger partial charge in [-0.25, -0.2) is 0 Å². The van der Waals surface area contributed by atoms with Gasteiger partial charge in [-0.05, 0) is 40.8 Å². The van der Waals surface area contributed by atoms with E-state index >= 15 is 0 Å². The van der Waals surface area contributed by atoms with Crippen LogP contribution in [0.1, 0.15) is 17.5 Å². The molecular formula is C19H16N2. The third kappa shape index (κ3) is 2.88. The Morgan fingerprint density at radius 3 is 2.52 bits per heavy atom. The summed E-state index contributed by atoms with van der Waals surface area (Å²) in [5.41, 5.74) is 6.76. The summed E-state index contributed by atoms with van der Waals surface area (Å²) < 4.78 is 0. The van der Waals surface area contributed by atoms with E-state index in [9.17, 15) is 0 Å². The number of nitrogens with one attached hydrogen (secondary N) is 1. The fraction of sp³-hybridized carbons (Fsp3) is 0.105. The van der Waals surface area contributed by atoms with E-state index in [0.29, 0.717) is 5.56 Å². The Morgan fingerprint density at radius 2 is 1.86 bits per heavy atom. The summed E-state index contributed by atoms with van der Waals surface area (Å²) in [6.45, 7) is 3.95. The lowest BCUT2D eigenvalue weighted by atomic mass is 9.94. The van der Waals surface area contributed by atoms with Crippen LogP contribution in [0.4, 0.5) is 0 Å². The second kappa shape index (κ2) is 5.68. The molecule has 0 aliphatic carbocycles. The van der Waals surface area contributed by atoms with Crippen molar-refractivity contribution in [3.8, 4) is 17.2 Å². The maximum Gasteiger partial charge on any atom is 0.0991 e. The van der Waals surface area contributed by atoms with Gasteiger partial charge in [-0.2, -0.15) is 5.26 Å². The summed E-state index contributed by atoms with van der Waals surface area (Å²) in [5, 5.41) is 12.1. The minimum atomic E-state index is 0.690. The second-order valence-corrected chi connectivity index (χ2v) is 5.25. The summed E-state index contributed by atoms with van der Waals surface area (Å²) in [6, 6.07) is 18.3. The van der Waals surface area contributed by atoms with E-state index < -0.39 is 0 Å². The molecule has 0 fully saturated rings. The molecule has 1 aliphatic heterocycles. The lowest BCUT2D eigenvalue weighted by Crippen LogP contribution is -1.93. The van der Waals surface area contributed by atoms with Gasteiger partial charge in [-0.1, -0.05) is 43.0 Å². The monoisotopic (exact) mass is 272 g/mol. The van der Waals surface area contributed by atoms with E-state index in [1.807, 2.05) is 24.3 Å². The van der Waals surface area contributed by atoms with Gasteiger partial charge in [0, 0.05) is 18.3 Å². The van der Waals surface area contributed by atoms with Gasteiger partial charge in [0.15, 0.2) is 0 Å². The number of hydrogen-bond acceptors (Lipinski definition) is 2. The molecule has 0 atom stereocenters. The summed E-state index contributed by atoms with van der Waals surface area (Å²) in [7, 11) is 0. The maximum atomic E-state index is 8.90. The maximum absolute atomic E-state index is 8.90. The van der Waals surface area contributed by atoms with Crippen LogP contribution in [0, 0.1) is 11.3 Å². The first kappa shape index (κ1) is 13.2. The van der Waals surface area contributed by atoms with Crippen LogP contribution in [0.5, 0.6) is 0 Å². The van der Waals surface area contributed by atoms with Crippen LogP contribution in [-0.2, 0) is 6.42 Å². The predicted octanol–water partition coefficient (Wildman–Crippen LogP) is 4.16. The van der Waals surface area contributed by atoms with Crippen LogP contribution >= 0.6 is 0 Å². The van der Waals surface area contributed by atoms with Crippen molar-refractivity contribution in [1.82, 2.24) is 5.32 Å². The summed E-state index contributed by atoms with van der Waals surface area (Å²) >= 11 is 0. The van der Waals surface area contributed by atoms with E-state index in [4.69, 9.17) is 5.26 Å². The Labute approximate surface area is 125 Å². The highest BCUT2D eigenvalue weighted by Crippen LogP contribution is 2.28. The van der Waals surface area contributed by atoms with Crippen LogP contribution in [0.2, 0.25) is 0 Å². The van der Waals surface area contributed by atoms with Crippen molar-refractivity contribution in [3.63, 3.8) is 0 Å². The van der Waals surface area contributed by atoms with Crippen LogP contribution in [0.15, 0.2) is 72.6 Å². The standard InChI is InChI=1S/C19H16N2/c1-14-10-16(13-21-14)11-18-4-2-3-5-19(18)17-8-6-15(12-20)7-9-17/h2-9,13,21H,1,10-11H2. The molecule has 2 nitrogen and oxygen atoms in total. The van der Waals surface area contributed by atoms with E-state index in [2.05, 4.69) is 48.4 Å². The third-order valence-electron chi connectivity index (χ3n) is 3.68. The molecular weight excluding hydrogens is 256 g/mol. The van der Waals surface area contributed by atoms with E-state index in [0.717, 1.165) is 24.1 Å². The van der Waals surface area contributed by atoms with E-state index in [1.165, 1.54) is 16.7 Å². The van der Waals surface area contributed by atoms with Crippen molar-refractivity contribution < 1.29 is 0 Å². The van der Waals surface area contributed by atoms with Crippen molar-refractivity contribution in [3.05, 3.63) is 83.7 Å². The lowest BCUT2D eigenvalue weighted by Gasteiger charge is -2.10. The largest absolute Gasteiger partial charge is 0.365 e. The first-order chi connectivity index (χ1) is 10.3. The molecule has 2 heteroatoms. The van der Waals surface area contributed by atoms with E-state index in [1.54, 1.807) is 0 Å². The Hall–Kier alpha value is -2.79. The molecule has 0 radical (unpaired) electrons. The fourth-order valence-electron chi connectivity index (χ4n) is 2.62. The topological polar surface area (TPSA) is 35.8 Å². The molecule has 0 spiro atoms. The molecule has 0 saturated carbocycles. The average Bonchev–Trinajstić information content (AvgIpc) is 2.93. The van der Waals surface area contributed by atoms with Gasteiger partial charge in [0.2, 0.25) is 0 Å². The molecule has 0 saturated heterocycles. The van der Waals surface area contributed by atoms with Crippen LogP contribution < -0.4 is 5.32 Å². The Balaban J connectivity index is 1.92. The second-order valence-electron chi connectivity index (χ2n) is 5.25. The number of hydrogen-bond donors (Lipinski definition) is 1. The number of allylic oxidation sites excluding steroid dienone is 1. The molecule has 2 aromatic rings. The minimum absolute atomic E-state index is 0.690. The number of benzene rings is 2. The average molecular weight is 272 g/mol. The van der Waals surface area contributed by atoms with Crippen molar-refractivity contribution in [2.75, 3.05) is 0 Å². The number of nitriles is 1. The third-order valence-corrected chi connectivity index (χ3v) is 3.68. The zero-order valence-corrected chi connectivity index (χ0v) is 11.8. The Morgan fingerprint density at radius 1 is 1.10 bits per heavy atom. The van der Waals surface area contributed by atoms with E-state index in [-0.39, 0.29) is 0 Å². The Kier molecular flexibility index (Phi) is 3.57. The van der Waals surface area contributed by atoms with Gasteiger partial charge < -0.3 is 5.32 Å². The molecule has 0 bridgehead atoms. The molecule has 1 heterocycles. The fourth-order valence-corrected chi connectivity index (χ4v) is 2.62. The number of rotatable bonds is 3. The quantitative estimate of drug-likeness (QED) is 0.910. The minimum Gasteiger partial charge on any atom is -0.365 e. The highest BCUT2D eigenvalue weighted by molar-refractivity contribution is 5.68. The Bertz CT molecular complexity index is 746. The van der Waals surface area contributed by atoms with Crippen molar-refractivity contribution in [2.24, 2.45) is 0 Å². The number of nitrogens with zero attached hydrogens (tertiary/aromatic N) is 1. The molecule has 0 amide bonds. The molecule has 2 aromatic carbocycles. The zero-order valence-electron chi connectivity index (χ0n) is 11.8. The molecule has 21 heavy (non-hydrogen) atoms. The first-order valence-corrected chi connectivity index (χ1v) is 6.97. The smallest absolute Gasteiger partial charge is 0.0991 e. The van der Waals surface area contributed by atoms with Crippen LogP contribution in [0.3, 0.4) is 0 Å². The highest BCUT2D eigenvalue weighted by Gasteiger charge is 2.11. The molecule has 0 aromatic heterocycles. The summed E-state index contributed by atoms with van der Waals surface area (Å²) in [6.07, 6.45) is 3.89. The van der Waals surface area contributed by atoms with Gasteiger partial charge in [0.05, 0.1) is 11.6 Å². The zero-order chi connectivity index (χ0) is 14.7. The van der Waals surface area contributed by atoms with Gasteiger partial charge >= 0.3 is 0 Å². The molecule has 0 unspecified atom stereocenters. The molecule has 1 aliphatic rings. The summed E-state index contributed by atoms with van der Waals surface area (Å²) in [4.78, 5) is 0. The van der Waals surface area contributed by atoms with Crippen molar-refractivity contribution in [1.29, 1.82) is 5.26 Å². The molecule has 1 N–H and O–H groups in total. The summed E-state index contributed by atoms with van der Waals surface area (Å²) in [5.74, 6) is 0. The van der Waals surface area contributed by atoms with Crippen molar-refractivity contribution in [2.45, 2.75) is 12.8 Å². The van der Waals surface area contributed by atoms with Gasteiger partial charge in [0.1, 0.15) is 0 Å². The van der Waals surface area contributed by atoms with Gasteiger partial charge in [-0.15, -0.1) is 0 Å². The lowest BCUT2D eigenvalue weighted by molar-refractivity contribution is 1.04. The van der Waals surface area contributed by atoms with Gasteiger partial charge in [-0.3, -0.25) is 0 Å². The predicted molar refractivity (Wildman–Crippen MR) is 85.3 cm³/mol. The SMILES string of the molecule is C=C1CC(Cc2ccccc2-c2ccc(C#N)cc2)=CN1. The van der Waals surface area contributed by atoms with Crippen molar-refractivity contribution >= 4 is 0 Å².